The molecular formula is C15H9Cl2NO3. The summed E-state index contributed by atoms with van der Waals surface area (Å²) in [6.07, 6.45) is 0. The van der Waals surface area contributed by atoms with Crippen LogP contribution in [0, 0.1) is 11.3 Å². The van der Waals surface area contributed by atoms with Crippen molar-refractivity contribution in [1.82, 2.24) is 0 Å². The summed E-state index contributed by atoms with van der Waals surface area (Å²) in [6.45, 7) is 0. The van der Waals surface area contributed by atoms with E-state index in [-0.39, 0.29) is 15.6 Å². The van der Waals surface area contributed by atoms with Crippen LogP contribution in [0.15, 0.2) is 36.4 Å². The van der Waals surface area contributed by atoms with Gasteiger partial charge < -0.3 is 9.47 Å². The molecule has 0 saturated carbocycles. The van der Waals surface area contributed by atoms with Gasteiger partial charge in [-0.1, -0.05) is 23.2 Å². The van der Waals surface area contributed by atoms with Gasteiger partial charge in [0.1, 0.15) is 5.75 Å². The average Bonchev–Trinajstić information content (AvgIpc) is 2.47. The highest BCUT2D eigenvalue weighted by molar-refractivity contribution is 6.37. The van der Waals surface area contributed by atoms with Crippen molar-refractivity contribution in [1.29, 1.82) is 5.26 Å². The molecule has 2 aromatic rings. The molecule has 0 aromatic heterocycles. The van der Waals surface area contributed by atoms with E-state index < -0.39 is 5.97 Å². The first-order valence-electron chi connectivity index (χ1n) is 5.80. The fraction of sp³-hybridized carbons (Fsp3) is 0.0667. The molecule has 2 rings (SSSR count). The van der Waals surface area contributed by atoms with E-state index >= 15 is 0 Å². The lowest BCUT2D eigenvalue weighted by molar-refractivity contribution is 0.0734. The summed E-state index contributed by atoms with van der Waals surface area (Å²) >= 11 is 11.9. The molecular weight excluding hydrogens is 313 g/mol. The van der Waals surface area contributed by atoms with Crippen LogP contribution in [0.4, 0.5) is 0 Å². The van der Waals surface area contributed by atoms with Crippen LogP contribution in [0.3, 0.4) is 0 Å². The highest BCUT2D eigenvalue weighted by atomic mass is 35.5. The van der Waals surface area contributed by atoms with Crippen molar-refractivity contribution >= 4 is 29.2 Å². The van der Waals surface area contributed by atoms with Crippen LogP contribution in [0.25, 0.3) is 0 Å². The van der Waals surface area contributed by atoms with Gasteiger partial charge in [-0.2, -0.15) is 5.26 Å². The summed E-state index contributed by atoms with van der Waals surface area (Å²) in [5, 5.41) is 9.14. The van der Waals surface area contributed by atoms with E-state index in [2.05, 4.69) is 0 Å². The minimum atomic E-state index is -0.605. The first kappa shape index (κ1) is 15.2. The van der Waals surface area contributed by atoms with E-state index in [0.717, 1.165) is 0 Å². The molecule has 2 aromatic carbocycles. The fourth-order valence-corrected chi connectivity index (χ4v) is 2.28. The number of methoxy groups -OCH3 is 1. The molecule has 0 N–H and O–H groups in total. The average molecular weight is 322 g/mol. The van der Waals surface area contributed by atoms with Gasteiger partial charge in [-0.15, -0.1) is 0 Å². The van der Waals surface area contributed by atoms with E-state index in [1.807, 2.05) is 6.07 Å². The summed E-state index contributed by atoms with van der Waals surface area (Å²) in [5.74, 6) is 0.0153. The van der Waals surface area contributed by atoms with Gasteiger partial charge in [0.05, 0.1) is 34.4 Å². The molecule has 0 heterocycles. The number of hydrogen-bond acceptors (Lipinski definition) is 4. The predicted molar refractivity (Wildman–Crippen MR) is 79.1 cm³/mol. The first-order valence-corrected chi connectivity index (χ1v) is 6.56. The summed E-state index contributed by atoms with van der Waals surface area (Å²) in [4.78, 5) is 12.0. The summed E-state index contributed by atoms with van der Waals surface area (Å²) < 4.78 is 10.2. The number of benzene rings is 2. The van der Waals surface area contributed by atoms with Crippen molar-refractivity contribution in [2.24, 2.45) is 0 Å². The standard InChI is InChI=1S/C15H9Cl2NO3/c1-20-14-12(16)6-10(7-13(14)17)15(19)21-11-4-2-9(8-18)3-5-11/h2-7H,1H3. The van der Waals surface area contributed by atoms with E-state index in [1.165, 1.54) is 31.4 Å². The van der Waals surface area contributed by atoms with Crippen LogP contribution in [-0.4, -0.2) is 13.1 Å². The number of halogens is 2. The van der Waals surface area contributed by atoms with Gasteiger partial charge in [-0.25, -0.2) is 4.79 Å². The molecule has 106 valence electrons. The third-order valence-corrected chi connectivity index (χ3v) is 3.19. The largest absolute Gasteiger partial charge is 0.494 e. The number of hydrogen-bond donors (Lipinski definition) is 0. The topological polar surface area (TPSA) is 59.3 Å². The van der Waals surface area contributed by atoms with E-state index in [9.17, 15) is 4.79 Å². The summed E-state index contributed by atoms with van der Waals surface area (Å²) in [5.41, 5.74) is 0.681. The van der Waals surface area contributed by atoms with E-state index in [0.29, 0.717) is 17.1 Å². The molecule has 0 fully saturated rings. The minimum Gasteiger partial charge on any atom is -0.494 e. The molecule has 0 bridgehead atoms. The molecule has 4 nitrogen and oxygen atoms in total. The molecule has 6 heteroatoms. The maximum atomic E-state index is 12.0. The van der Waals surface area contributed by atoms with Crippen molar-refractivity contribution in [2.45, 2.75) is 0 Å². The lowest BCUT2D eigenvalue weighted by atomic mass is 10.2. The molecule has 0 amide bonds. The number of esters is 1. The quantitative estimate of drug-likeness (QED) is 0.631. The molecule has 21 heavy (non-hydrogen) atoms. The van der Waals surface area contributed by atoms with Crippen LogP contribution in [0.5, 0.6) is 11.5 Å². The smallest absolute Gasteiger partial charge is 0.343 e. The number of nitriles is 1. The van der Waals surface area contributed by atoms with Crippen LogP contribution < -0.4 is 9.47 Å². The highest BCUT2D eigenvalue weighted by Crippen LogP contribution is 2.34. The number of carbonyl (C=O) groups is 1. The Balaban J connectivity index is 2.22. The second-order valence-corrected chi connectivity index (χ2v) is 4.81. The molecule has 0 aliphatic heterocycles. The molecule has 0 spiro atoms. The van der Waals surface area contributed by atoms with Gasteiger partial charge in [0, 0.05) is 0 Å². The second-order valence-electron chi connectivity index (χ2n) is 4.00. The Hall–Kier alpha value is -2.22. The molecule has 0 unspecified atom stereocenters. The van der Waals surface area contributed by atoms with Crippen molar-refractivity contribution in [2.75, 3.05) is 7.11 Å². The van der Waals surface area contributed by atoms with E-state index in [1.54, 1.807) is 12.1 Å². The van der Waals surface area contributed by atoms with Crippen molar-refractivity contribution < 1.29 is 14.3 Å². The lowest BCUT2D eigenvalue weighted by Crippen LogP contribution is -2.08. The van der Waals surface area contributed by atoms with Gasteiger partial charge in [-0.05, 0) is 36.4 Å². The Kier molecular flexibility index (Phi) is 4.69. The van der Waals surface area contributed by atoms with Crippen LogP contribution in [0.2, 0.25) is 10.0 Å². The monoisotopic (exact) mass is 321 g/mol. The number of ether oxygens (including phenoxy) is 2. The summed E-state index contributed by atoms with van der Waals surface area (Å²) in [6, 6.07) is 11.0. The van der Waals surface area contributed by atoms with Gasteiger partial charge in [-0.3, -0.25) is 0 Å². The van der Waals surface area contributed by atoms with Gasteiger partial charge >= 0.3 is 5.97 Å². The maximum Gasteiger partial charge on any atom is 0.343 e. The zero-order valence-electron chi connectivity index (χ0n) is 10.9. The maximum absolute atomic E-state index is 12.0. The lowest BCUT2D eigenvalue weighted by Gasteiger charge is -2.09. The van der Waals surface area contributed by atoms with Crippen LogP contribution >= 0.6 is 23.2 Å². The zero-order chi connectivity index (χ0) is 15.4. The first-order chi connectivity index (χ1) is 10.0. The SMILES string of the molecule is COc1c(Cl)cc(C(=O)Oc2ccc(C#N)cc2)cc1Cl. The number of carbonyl (C=O) groups excluding carboxylic acids is 1. The Morgan fingerprint density at radius 1 is 1.14 bits per heavy atom. The zero-order valence-corrected chi connectivity index (χ0v) is 12.4. The molecule has 0 aliphatic carbocycles. The molecule has 0 atom stereocenters. The summed E-state index contributed by atoms with van der Waals surface area (Å²) in [7, 11) is 1.43. The highest BCUT2D eigenvalue weighted by Gasteiger charge is 2.15. The third kappa shape index (κ3) is 3.46. The Morgan fingerprint density at radius 3 is 2.19 bits per heavy atom. The number of rotatable bonds is 3. The molecule has 0 aliphatic rings. The third-order valence-electron chi connectivity index (χ3n) is 2.63. The van der Waals surface area contributed by atoms with Gasteiger partial charge in [0.15, 0.2) is 5.75 Å². The van der Waals surface area contributed by atoms with Crippen molar-refractivity contribution in [3.8, 4) is 17.6 Å². The molecule has 0 saturated heterocycles. The normalized spacial score (nSPS) is 9.81. The molecule has 0 radical (unpaired) electrons. The fourth-order valence-electron chi connectivity index (χ4n) is 1.64. The van der Waals surface area contributed by atoms with E-state index in [4.69, 9.17) is 37.9 Å². The predicted octanol–water partition coefficient (Wildman–Crippen LogP) is 4.09. The van der Waals surface area contributed by atoms with Crippen LogP contribution in [0.1, 0.15) is 15.9 Å². The van der Waals surface area contributed by atoms with Crippen molar-refractivity contribution in [3.63, 3.8) is 0 Å². The van der Waals surface area contributed by atoms with Gasteiger partial charge in [0.2, 0.25) is 0 Å². The van der Waals surface area contributed by atoms with Crippen molar-refractivity contribution in [3.05, 3.63) is 57.6 Å². The minimum absolute atomic E-state index is 0.204. The Bertz CT molecular complexity index is 698. The Labute approximate surface area is 131 Å². The van der Waals surface area contributed by atoms with Crippen LogP contribution in [-0.2, 0) is 0 Å². The number of nitrogens with zero attached hydrogens (tertiary/aromatic N) is 1. The Morgan fingerprint density at radius 2 is 1.71 bits per heavy atom. The second kappa shape index (κ2) is 6.49. The van der Waals surface area contributed by atoms with Gasteiger partial charge in [0.25, 0.3) is 0 Å².